The van der Waals surface area contributed by atoms with E-state index in [0.717, 1.165) is 23.7 Å². The quantitative estimate of drug-likeness (QED) is 0.791. The number of hydrogen-bond acceptors (Lipinski definition) is 4. The zero-order chi connectivity index (χ0) is 13.4. The molecule has 0 atom stereocenters. The van der Waals surface area contributed by atoms with Crippen LogP contribution < -0.4 is 4.74 Å². The molecule has 1 aromatic rings. The van der Waals surface area contributed by atoms with Crippen molar-refractivity contribution in [3.8, 4) is 5.75 Å². The minimum Gasteiger partial charge on any atom is -0.430 e. The van der Waals surface area contributed by atoms with Crippen molar-refractivity contribution in [2.24, 2.45) is 4.99 Å². The zero-order valence-corrected chi connectivity index (χ0v) is 9.49. The number of alkyl halides is 3. The second-order valence-corrected chi connectivity index (χ2v) is 5.06. The van der Waals surface area contributed by atoms with Gasteiger partial charge in [0.05, 0.1) is 11.0 Å². The molecular formula is C10H6F3NO3S. The summed E-state index contributed by atoms with van der Waals surface area (Å²) < 4.78 is 64.6. The SMILES string of the molecule is O=S1(=O)C=CN=C1Oc1cccc(C(F)(F)F)c1. The summed E-state index contributed by atoms with van der Waals surface area (Å²) in [6.07, 6.45) is -3.52. The van der Waals surface area contributed by atoms with Crippen molar-refractivity contribution < 1.29 is 26.3 Å². The van der Waals surface area contributed by atoms with Crippen molar-refractivity contribution in [1.82, 2.24) is 0 Å². The molecule has 0 unspecified atom stereocenters. The van der Waals surface area contributed by atoms with E-state index < -0.39 is 26.8 Å². The van der Waals surface area contributed by atoms with Gasteiger partial charge in [0.2, 0.25) is 0 Å². The summed E-state index contributed by atoms with van der Waals surface area (Å²) >= 11 is 0. The Labute approximate surface area is 100 Å². The average Bonchev–Trinajstić information content (AvgIpc) is 2.58. The van der Waals surface area contributed by atoms with Gasteiger partial charge in [-0.15, -0.1) is 0 Å². The van der Waals surface area contributed by atoms with E-state index in [4.69, 9.17) is 4.74 Å². The van der Waals surface area contributed by atoms with Gasteiger partial charge in [-0.3, -0.25) is 0 Å². The van der Waals surface area contributed by atoms with E-state index in [9.17, 15) is 21.6 Å². The van der Waals surface area contributed by atoms with Crippen LogP contribution in [0.1, 0.15) is 5.56 Å². The normalized spacial score (nSPS) is 17.6. The van der Waals surface area contributed by atoms with Gasteiger partial charge in [0.1, 0.15) is 5.75 Å². The van der Waals surface area contributed by atoms with Gasteiger partial charge in [-0.05, 0) is 18.2 Å². The number of aliphatic imine (C=N–C) groups is 1. The van der Waals surface area contributed by atoms with E-state index >= 15 is 0 Å². The molecule has 0 amide bonds. The number of ether oxygens (including phenoxy) is 1. The largest absolute Gasteiger partial charge is 0.430 e. The molecular weight excluding hydrogens is 271 g/mol. The summed E-state index contributed by atoms with van der Waals surface area (Å²) in [5.41, 5.74) is -0.927. The van der Waals surface area contributed by atoms with Gasteiger partial charge in [-0.25, -0.2) is 13.4 Å². The third-order valence-electron chi connectivity index (χ3n) is 2.03. The molecule has 0 fully saturated rings. The van der Waals surface area contributed by atoms with Gasteiger partial charge in [0.25, 0.3) is 9.84 Å². The molecule has 0 N–H and O–H groups in total. The molecule has 8 heteroatoms. The summed E-state index contributed by atoms with van der Waals surface area (Å²) in [4.78, 5) is 3.42. The number of nitrogens with zero attached hydrogens (tertiary/aromatic N) is 1. The number of hydrogen-bond donors (Lipinski definition) is 0. The summed E-state index contributed by atoms with van der Waals surface area (Å²) in [5, 5.41) is 0.164. The minimum absolute atomic E-state index is 0.240. The van der Waals surface area contributed by atoms with Crippen LogP contribution in [-0.4, -0.2) is 13.6 Å². The molecule has 0 saturated carbocycles. The summed E-state index contributed by atoms with van der Waals surface area (Å²) in [7, 11) is -3.77. The number of rotatable bonds is 1. The van der Waals surface area contributed by atoms with Gasteiger partial charge < -0.3 is 4.74 Å². The molecule has 1 aliphatic heterocycles. The third-order valence-corrected chi connectivity index (χ3v) is 3.19. The standard InChI is InChI=1S/C10H6F3NO3S/c11-10(12,13)7-2-1-3-8(6-7)17-9-14-4-5-18(9,15)16/h1-6H. The Balaban J connectivity index is 2.27. The Morgan fingerprint density at radius 2 is 1.94 bits per heavy atom. The Bertz CT molecular complexity index is 632. The Hall–Kier alpha value is -1.83. The highest BCUT2D eigenvalue weighted by atomic mass is 32.2. The number of benzene rings is 1. The highest BCUT2D eigenvalue weighted by Crippen LogP contribution is 2.31. The fourth-order valence-electron chi connectivity index (χ4n) is 1.22. The smallest absolute Gasteiger partial charge is 0.416 e. The molecule has 0 aliphatic carbocycles. The first-order chi connectivity index (χ1) is 8.29. The van der Waals surface area contributed by atoms with Crippen LogP contribution in [0, 0.1) is 0 Å². The zero-order valence-electron chi connectivity index (χ0n) is 8.68. The lowest BCUT2D eigenvalue weighted by atomic mass is 10.2. The molecule has 4 nitrogen and oxygen atoms in total. The van der Waals surface area contributed by atoms with Crippen molar-refractivity contribution in [2.75, 3.05) is 0 Å². The molecule has 96 valence electrons. The Kier molecular flexibility index (Phi) is 2.89. The monoisotopic (exact) mass is 277 g/mol. The third kappa shape index (κ3) is 2.53. The maximum Gasteiger partial charge on any atom is 0.416 e. The van der Waals surface area contributed by atoms with Crippen molar-refractivity contribution in [3.05, 3.63) is 41.4 Å². The molecule has 0 radical (unpaired) electrons. The lowest BCUT2D eigenvalue weighted by Crippen LogP contribution is -2.16. The van der Waals surface area contributed by atoms with E-state index in [-0.39, 0.29) is 5.75 Å². The first kappa shape index (κ1) is 12.6. The van der Waals surface area contributed by atoms with Gasteiger partial charge in [0, 0.05) is 6.20 Å². The fraction of sp³-hybridized carbons (Fsp3) is 0.100. The van der Waals surface area contributed by atoms with Crippen molar-refractivity contribution in [1.29, 1.82) is 0 Å². The molecule has 1 aliphatic rings. The lowest BCUT2D eigenvalue weighted by Gasteiger charge is -2.09. The summed E-state index contributed by atoms with van der Waals surface area (Å²) in [6, 6.07) is 3.89. The van der Waals surface area contributed by atoms with Crippen LogP contribution in [0.4, 0.5) is 13.2 Å². The van der Waals surface area contributed by atoms with E-state index in [1.54, 1.807) is 0 Å². The van der Waals surface area contributed by atoms with Crippen molar-refractivity contribution in [2.45, 2.75) is 6.18 Å². The van der Waals surface area contributed by atoms with E-state index in [0.29, 0.717) is 6.07 Å². The van der Waals surface area contributed by atoms with Crippen molar-refractivity contribution >= 4 is 15.1 Å². The molecule has 2 rings (SSSR count). The van der Waals surface area contributed by atoms with Gasteiger partial charge in [-0.2, -0.15) is 13.2 Å². The maximum atomic E-state index is 12.4. The van der Waals surface area contributed by atoms with Crippen LogP contribution in [0.5, 0.6) is 5.75 Å². The Morgan fingerprint density at radius 1 is 1.22 bits per heavy atom. The predicted molar refractivity (Wildman–Crippen MR) is 57.6 cm³/mol. The minimum atomic E-state index is -4.52. The highest BCUT2D eigenvalue weighted by molar-refractivity contribution is 8.08. The predicted octanol–water partition coefficient (Wildman–Crippen LogP) is 2.34. The molecule has 18 heavy (non-hydrogen) atoms. The van der Waals surface area contributed by atoms with Crippen molar-refractivity contribution in [3.63, 3.8) is 0 Å². The molecule has 0 bridgehead atoms. The van der Waals surface area contributed by atoms with Gasteiger partial charge in [-0.1, -0.05) is 6.07 Å². The second kappa shape index (κ2) is 4.13. The molecule has 1 aromatic carbocycles. The van der Waals surface area contributed by atoms with Crippen LogP contribution in [0.3, 0.4) is 0 Å². The van der Waals surface area contributed by atoms with Gasteiger partial charge in [0.15, 0.2) is 0 Å². The molecule has 0 saturated heterocycles. The second-order valence-electron chi connectivity index (χ2n) is 3.35. The Morgan fingerprint density at radius 3 is 2.50 bits per heavy atom. The maximum absolute atomic E-state index is 12.4. The molecule has 0 spiro atoms. The number of sulfone groups is 1. The lowest BCUT2D eigenvalue weighted by molar-refractivity contribution is -0.137. The summed E-state index contributed by atoms with van der Waals surface area (Å²) in [6.45, 7) is 0. The topological polar surface area (TPSA) is 55.7 Å². The first-order valence-electron chi connectivity index (χ1n) is 4.63. The van der Waals surface area contributed by atoms with Crippen LogP contribution >= 0.6 is 0 Å². The van der Waals surface area contributed by atoms with E-state index in [1.165, 1.54) is 6.07 Å². The molecule has 1 heterocycles. The summed E-state index contributed by atoms with van der Waals surface area (Å²) in [5.74, 6) is -0.240. The van der Waals surface area contributed by atoms with Crippen LogP contribution in [0.25, 0.3) is 0 Å². The van der Waals surface area contributed by atoms with E-state index in [1.807, 2.05) is 0 Å². The highest BCUT2D eigenvalue weighted by Gasteiger charge is 2.31. The van der Waals surface area contributed by atoms with E-state index in [2.05, 4.69) is 4.99 Å². The van der Waals surface area contributed by atoms with Gasteiger partial charge >= 0.3 is 11.4 Å². The fourth-order valence-corrected chi connectivity index (χ4v) is 1.98. The first-order valence-corrected chi connectivity index (χ1v) is 6.18. The molecule has 0 aromatic heterocycles. The van der Waals surface area contributed by atoms with Crippen LogP contribution in [-0.2, 0) is 16.0 Å². The average molecular weight is 277 g/mol. The number of halogens is 3. The van der Waals surface area contributed by atoms with Crippen LogP contribution in [0.15, 0.2) is 40.9 Å². The van der Waals surface area contributed by atoms with Crippen LogP contribution in [0.2, 0.25) is 0 Å².